The zero-order chi connectivity index (χ0) is 31.7. The molecule has 1 aromatic carbocycles. The molecule has 4 rings (SSSR count). The van der Waals surface area contributed by atoms with Gasteiger partial charge < -0.3 is 30.2 Å². The Balaban J connectivity index is 1.58. The van der Waals surface area contributed by atoms with Gasteiger partial charge in [-0.15, -0.1) is 0 Å². The Bertz CT molecular complexity index is 1500. The van der Waals surface area contributed by atoms with Gasteiger partial charge in [0.05, 0.1) is 19.0 Å². The van der Waals surface area contributed by atoms with Crippen LogP contribution in [0.2, 0.25) is 0 Å². The van der Waals surface area contributed by atoms with Crippen LogP contribution in [0.1, 0.15) is 38.0 Å². The number of aliphatic hydroxyl groups excluding tert-OH is 1. The smallest absolute Gasteiger partial charge is 0.459 e. The number of benzene rings is 1. The summed E-state index contributed by atoms with van der Waals surface area (Å²) in [5.74, 6) is -1.11. The van der Waals surface area contributed by atoms with E-state index in [4.69, 9.17) is 28.4 Å². The number of rotatable bonds is 11. The zero-order valence-corrected chi connectivity index (χ0v) is 23.0. The number of nitrogen functional groups attached to an aromatic ring is 1. The van der Waals surface area contributed by atoms with Crippen molar-refractivity contribution in [2.45, 2.75) is 63.9 Å². The molecule has 16 heteroatoms. The van der Waals surface area contributed by atoms with Crippen LogP contribution in [-0.2, 0) is 23.4 Å². The molecule has 14 nitrogen and oxygen atoms in total. The number of fused-ring (bicyclic) bond motifs is 1. The molecule has 1 fully saturated rings. The lowest BCUT2D eigenvalue weighted by Crippen LogP contribution is -2.41. The maximum Gasteiger partial charge on any atom is 0.459 e. The van der Waals surface area contributed by atoms with Gasteiger partial charge in [0, 0.05) is 11.1 Å². The van der Waals surface area contributed by atoms with Crippen LogP contribution in [-0.4, -0.2) is 74.2 Å². The number of para-hydroxylation sites is 1. The third kappa shape index (κ3) is 6.18. The van der Waals surface area contributed by atoms with Crippen molar-refractivity contribution in [2.75, 3.05) is 24.6 Å². The van der Waals surface area contributed by atoms with E-state index in [0.717, 1.165) is 17.8 Å². The number of alkyl halides is 1. The van der Waals surface area contributed by atoms with E-state index < -0.39 is 63.5 Å². The molecule has 3 aromatic rings. The number of nitrogens with zero attached hydrogens (tertiary/aromatic N) is 4. The Labute approximate surface area is 234 Å². The minimum absolute atomic E-state index is 0.0360. The molecule has 0 spiro atoms. The molecule has 0 amide bonds. The van der Waals surface area contributed by atoms with Crippen LogP contribution in [0.25, 0.3) is 11.2 Å². The lowest BCUT2D eigenvalue weighted by Gasteiger charge is -2.25. The van der Waals surface area contributed by atoms with Gasteiger partial charge >= 0.3 is 13.7 Å². The van der Waals surface area contributed by atoms with Gasteiger partial charge in [-0.3, -0.25) is 13.9 Å². The number of aliphatic hydroxyl groups is 1. The summed E-state index contributed by atoms with van der Waals surface area (Å²) in [7, 11) is -4.35. The number of carbonyl (C=O) groups excluding carboxylic acids is 1. The fourth-order valence-corrected chi connectivity index (χ4v) is 5.55. The molecule has 6 atom stereocenters. The molecule has 1 aliphatic heterocycles. The predicted octanol–water partition coefficient (Wildman–Crippen LogP) is 2.57. The number of aromatic nitrogens is 4. The van der Waals surface area contributed by atoms with Crippen molar-refractivity contribution in [1.29, 1.82) is 0 Å². The summed E-state index contributed by atoms with van der Waals surface area (Å²) in [5.41, 5.74) is 3.18. The molecule has 2 aromatic heterocycles. The summed E-state index contributed by atoms with van der Waals surface area (Å²) in [6.45, 7) is 2.50. The van der Waals surface area contributed by atoms with Crippen LogP contribution < -0.4 is 20.7 Å². The molecule has 1 saturated heterocycles. The lowest BCUT2D eigenvalue weighted by atomic mass is 9.98. The Morgan fingerprint density at radius 1 is 1.35 bits per heavy atom. The van der Waals surface area contributed by atoms with Gasteiger partial charge in [0.1, 0.15) is 24.0 Å². The first-order valence-electron chi connectivity index (χ1n) is 13.8. The Kier molecular flexibility index (Phi) is 7.44. The van der Waals surface area contributed by atoms with E-state index in [1.165, 1.54) is 19.1 Å². The molecule has 3 heterocycles. The number of nitrogens with one attached hydrogen (secondary N) is 2. The van der Waals surface area contributed by atoms with Crippen LogP contribution in [0.3, 0.4) is 0 Å². The monoisotopic (exact) mass is 584 g/mol. The number of anilines is 2. The van der Waals surface area contributed by atoms with Crippen LogP contribution >= 0.6 is 7.75 Å². The number of nitrogens with two attached hydrogens (primary N) is 1. The van der Waals surface area contributed by atoms with Gasteiger partial charge in [-0.1, -0.05) is 18.2 Å². The maximum absolute atomic E-state index is 16.1. The second-order valence-corrected chi connectivity index (χ2v) is 11.2. The van der Waals surface area contributed by atoms with E-state index in [9.17, 15) is 14.5 Å². The minimum Gasteiger partial charge on any atom is -0.462 e. The molecular formula is C24H33FN7O7P. The highest BCUT2D eigenvalue weighted by atomic mass is 31.2. The minimum atomic E-state index is -4.35. The van der Waals surface area contributed by atoms with Gasteiger partial charge in [-0.25, -0.2) is 13.9 Å². The molecule has 218 valence electrons. The average Bonchev–Trinajstić information content (AvgIpc) is 3.40. The number of hydrogen-bond donors (Lipinski definition) is 4. The van der Waals surface area contributed by atoms with Gasteiger partial charge in [0.2, 0.25) is 5.95 Å². The fraction of sp³-hybridized carbons (Fsp3) is 0.500. The standard InChI is InChI=1S/C24H33FN7O7P/c1-13(2)37-21(34)14(3)31-40(35,39-15-9-7-6-8-10-15)36-11-16-18(33)24(4,25)22(38-16)32-12-28-17-19(27-5)29-23(26)30-20(17)32/h6-10,12-14,16,18,22,33H,11H2,1-5H3,(H,31,35)(H3,26,27,29,30)/t14-,16-,18-,22-,24-,40+/m1/s1/i5D3. The first kappa shape index (κ1) is 25.6. The number of hydrogen-bond acceptors (Lipinski definition) is 12. The first-order chi connectivity index (χ1) is 20.0. The second-order valence-electron chi connectivity index (χ2n) is 9.54. The second kappa shape index (κ2) is 11.6. The van der Waals surface area contributed by atoms with Gasteiger partial charge in [-0.05, 0) is 39.8 Å². The SMILES string of the molecule is [2H]C([2H])([2H])Nc1nc(N)nc2c1ncn2[C@@H]1O[C@H](CO[P@@](=O)(N[C@H](C)C(=O)OC(C)C)Oc2ccccc2)[C@@H](O)[C@@]1(C)F. The largest absolute Gasteiger partial charge is 0.462 e. The number of halogens is 1. The molecular weight excluding hydrogens is 548 g/mol. The number of esters is 1. The summed E-state index contributed by atoms with van der Waals surface area (Å²) in [6.07, 6.45) is -4.08. The van der Waals surface area contributed by atoms with Crippen LogP contribution in [0, 0.1) is 0 Å². The molecule has 5 N–H and O–H groups in total. The van der Waals surface area contributed by atoms with E-state index in [0.29, 0.717) is 0 Å². The zero-order valence-electron chi connectivity index (χ0n) is 25.1. The van der Waals surface area contributed by atoms with Crippen LogP contribution in [0.4, 0.5) is 16.2 Å². The molecule has 0 bridgehead atoms. The van der Waals surface area contributed by atoms with E-state index in [-0.39, 0.29) is 28.7 Å². The van der Waals surface area contributed by atoms with Crippen molar-refractivity contribution < 1.29 is 41.5 Å². The highest BCUT2D eigenvalue weighted by molar-refractivity contribution is 7.52. The molecule has 0 aliphatic carbocycles. The van der Waals surface area contributed by atoms with E-state index in [1.54, 1.807) is 32.0 Å². The molecule has 40 heavy (non-hydrogen) atoms. The summed E-state index contributed by atoms with van der Waals surface area (Å²) in [6, 6.07) is 6.86. The van der Waals surface area contributed by atoms with Crippen molar-refractivity contribution in [3.8, 4) is 5.75 Å². The molecule has 1 aliphatic rings. The molecule has 0 saturated carbocycles. The van der Waals surface area contributed by atoms with Gasteiger partial charge in [0.25, 0.3) is 0 Å². The summed E-state index contributed by atoms with van der Waals surface area (Å²) in [4.78, 5) is 24.4. The van der Waals surface area contributed by atoms with Crippen molar-refractivity contribution in [3.05, 3.63) is 36.7 Å². The third-order valence-electron chi connectivity index (χ3n) is 5.96. The highest BCUT2D eigenvalue weighted by Crippen LogP contribution is 2.48. The normalized spacial score (nSPS) is 26.5. The quantitative estimate of drug-likeness (QED) is 0.191. The lowest BCUT2D eigenvalue weighted by molar-refractivity contribution is -0.149. The summed E-state index contributed by atoms with van der Waals surface area (Å²) >= 11 is 0. The Morgan fingerprint density at radius 3 is 2.75 bits per heavy atom. The van der Waals surface area contributed by atoms with Crippen molar-refractivity contribution in [2.24, 2.45) is 0 Å². The number of imidazole rings is 1. The van der Waals surface area contributed by atoms with Gasteiger partial charge in [0.15, 0.2) is 28.9 Å². The Hall–Kier alpha value is -3.36. The van der Waals surface area contributed by atoms with E-state index in [2.05, 4.69) is 25.4 Å². The van der Waals surface area contributed by atoms with Crippen molar-refractivity contribution >= 4 is 36.6 Å². The molecule has 0 unspecified atom stereocenters. The highest BCUT2D eigenvalue weighted by Gasteiger charge is 2.56. The first-order valence-corrected chi connectivity index (χ1v) is 13.8. The summed E-state index contributed by atoms with van der Waals surface area (Å²) < 4.78 is 75.5. The predicted molar refractivity (Wildman–Crippen MR) is 143 cm³/mol. The molecule has 0 radical (unpaired) electrons. The Morgan fingerprint density at radius 2 is 2.08 bits per heavy atom. The van der Waals surface area contributed by atoms with Gasteiger partial charge in [-0.2, -0.15) is 15.1 Å². The summed E-state index contributed by atoms with van der Waals surface area (Å²) in [5, 5.41) is 15.6. The number of ether oxygens (including phenoxy) is 2. The average molecular weight is 585 g/mol. The van der Waals surface area contributed by atoms with E-state index in [1.807, 2.05) is 0 Å². The van der Waals surface area contributed by atoms with E-state index >= 15 is 4.39 Å². The fourth-order valence-electron chi connectivity index (χ4n) is 4.05. The van der Waals surface area contributed by atoms with Crippen LogP contribution in [0.5, 0.6) is 5.75 Å². The number of carbonyl (C=O) groups is 1. The maximum atomic E-state index is 16.1. The third-order valence-corrected chi connectivity index (χ3v) is 7.61. The van der Waals surface area contributed by atoms with Crippen LogP contribution in [0.15, 0.2) is 36.7 Å². The topological polar surface area (TPSA) is 185 Å². The van der Waals surface area contributed by atoms with Crippen molar-refractivity contribution in [3.63, 3.8) is 0 Å². The van der Waals surface area contributed by atoms with Crippen molar-refractivity contribution in [1.82, 2.24) is 24.6 Å².